The highest BCUT2D eigenvalue weighted by Crippen LogP contribution is 2.31. The maximum absolute atomic E-state index is 12.2. The van der Waals surface area contributed by atoms with Crippen molar-refractivity contribution < 1.29 is 23.4 Å². The average Bonchev–Trinajstić information content (AvgIpc) is 2.68. The molecule has 9 heteroatoms. The van der Waals surface area contributed by atoms with Crippen molar-refractivity contribution in [3.05, 3.63) is 39.0 Å². The SMILES string of the molecule is Cc1sc(Cl)cc1S(=O)(=O)Nc1ccc(C(=O)O)c(O)c1. The van der Waals surface area contributed by atoms with Crippen molar-refractivity contribution in [2.45, 2.75) is 11.8 Å². The molecule has 1 aromatic heterocycles. The molecule has 0 spiro atoms. The predicted octanol–water partition coefficient (Wildman–Crippen LogP) is 2.91. The number of halogens is 1. The summed E-state index contributed by atoms with van der Waals surface area (Å²) < 4.78 is 27.0. The number of benzene rings is 1. The molecule has 1 aromatic carbocycles. The third kappa shape index (κ3) is 3.29. The Morgan fingerprint density at radius 2 is 2.00 bits per heavy atom. The van der Waals surface area contributed by atoms with E-state index in [-0.39, 0.29) is 16.1 Å². The Labute approximate surface area is 129 Å². The standard InChI is InChI=1S/C12H10ClNO5S2/c1-6-10(5-11(13)20-6)21(18,19)14-7-2-3-8(12(16)17)9(15)4-7/h2-5,14-15H,1H3,(H,16,17). The number of aromatic hydroxyl groups is 1. The second-order valence-corrected chi connectivity index (χ2v) is 7.65. The van der Waals surface area contributed by atoms with Gasteiger partial charge in [-0.2, -0.15) is 0 Å². The normalized spacial score (nSPS) is 11.3. The maximum atomic E-state index is 12.2. The number of anilines is 1. The van der Waals surface area contributed by atoms with Crippen LogP contribution < -0.4 is 4.72 Å². The minimum Gasteiger partial charge on any atom is -0.507 e. The van der Waals surface area contributed by atoms with Gasteiger partial charge in [-0.05, 0) is 25.1 Å². The monoisotopic (exact) mass is 347 g/mol. The molecule has 0 radical (unpaired) electrons. The van der Waals surface area contributed by atoms with Crippen molar-refractivity contribution >= 4 is 44.6 Å². The molecule has 0 atom stereocenters. The number of sulfonamides is 1. The van der Waals surface area contributed by atoms with Crippen LogP contribution in [0.1, 0.15) is 15.2 Å². The molecule has 0 aliphatic rings. The van der Waals surface area contributed by atoms with Crippen molar-refractivity contribution in [2.75, 3.05) is 4.72 Å². The highest BCUT2D eigenvalue weighted by molar-refractivity contribution is 7.93. The highest BCUT2D eigenvalue weighted by Gasteiger charge is 2.20. The molecule has 0 amide bonds. The van der Waals surface area contributed by atoms with Crippen LogP contribution in [0, 0.1) is 6.92 Å². The number of thiophene rings is 1. The van der Waals surface area contributed by atoms with E-state index in [1.165, 1.54) is 12.1 Å². The van der Waals surface area contributed by atoms with Crippen molar-refractivity contribution in [1.29, 1.82) is 0 Å². The molecule has 0 bridgehead atoms. The summed E-state index contributed by atoms with van der Waals surface area (Å²) in [5.74, 6) is -1.83. The van der Waals surface area contributed by atoms with Gasteiger partial charge in [-0.25, -0.2) is 13.2 Å². The van der Waals surface area contributed by atoms with Crippen LogP contribution >= 0.6 is 22.9 Å². The van der Waals surface area contributed by atoms with E-state index >= 15 is 0 Å². The first-order valence-electron chi connectivity index (χ1n) is 5.56. The Hall–Kier alpha value is -1.77. The second-order valence-electron chi connectivity index (χ2n) is 4.11. The minimum atomic E-state index is -3.86. The summed E-state index contributed by atoms with van der Waals surface area (Å²) in [6, 6.07) is 4.73. The lowest BCUT2D eigenvalue weighted by atomic mass is 10.2. The average molecular weight is 348 g/mol. The van der Waals surface area contributed by atoms with E-state index in [0.717, 1.165) is 23.5 Å². The first kappa shape index (κ1) is 15.6. The molecule has 2 rings (SSSR count). The highest BCUT2D eigenvalue weighted by atomic mass is 35.5. The number of carboxylic acid groups (broad SMARTS) is 1. The number of hydrogen-bond donors (Lipinski definition) is 3. The summed E-state index contributed by atoms with van der Waals surface area (Å²) in [5.41, 5.74) is -0.257. The molecule has 6 nitrogen and oxygen atoms in total. The topological polar surface area (TPSA) is 104 Å². The second kappa shape index (κ2) is 5.55. The smallest absolute Gasteiger partial charge is 0.339 e. The molecule has 3 N–H and O–H groups in total. The number of rotatable bonds is 4. The van der Waals surface area contributed by atoms with E-state index in [2.05, 4.69) is 4.72 Å². The van der Waals surface area contributed by atoms with Gasteiger partial charge in [-0.1, -0.05) is 11.6 Å². The van der Waals surface area contributed by atoms with Crippen LogP contribution in [0.15, 0.2) is 29.2 Å². The van der Waals surface area contributed by atoms with Gasteiger partial charge in [0.15, 0.2) is 0 Å². The number of carbonyl (C=O) groups is 1. The van der Waals surface area contributed by atoms with Gasteiger partial charge in [0.2, 0.25) is 0 Å². The molecule has 0 aliphatic carbocycles. The maximum Gasteiger partial charge on any atom is 0.339 e. The largest absolute Gasteiger partial charge is 0.507 e. The summed E-state index contributed by atoms with van der Waals surface area (Å²) in [4.78, 5) is 11.3. The summed E-state index contributed by atoms with van der Waals surface area (Å²) in [6.07, 6.45) is 0. The number of aryl methyl sites for hydroxylation is 1. The van der Waals surface area contributed by atoms with Crippen molar-refractivity contribution in [3.63, 3.8) is 0 Å². The van der Waals surface area contributed by atoms with Crippen molar-refractivity contribution in [1.82, 2.24) is 0 Å². The Morgan fingerprint density at radius 1 is 1.33 bits per heavy atom. The van der Waals surface area contributed by atoms with Crippen molar-refractivity contribution in [3.8, 4) is 5.75 Å². The lowest BCUT2D eigenvalue weighted by Crippen LogP contribution is -2.13. The summed E-state index contributed by atoms with van der Waals surface area (Å²) in [5, 5.41) is 18.3. The van der Waals surface area contributed by atoms with Crippen molar-refractivity contribution in [2.24, 2.45) is 0 Å². The van der Waals surface area contributed by atoms with Crippen LogP contribution in [0.5, 0.6) is 5.75 Å². The molecule has 0 aliphatic heterocycles. The molecular formula is C12H10ClNO5S2. The Balaban J connectivity index is 2.35. The van der Waals surface area contributed by atoms with Gasteiger partial charge in [0.1, 0.15) is 16.2 Å². The van der Waals surface area contributed by atoms with E-state index in [0.29, 0.717) is 9.21 Å². The van der Waals surface area contributed by atoms with E-state index < -0.39 is 21.7 Å². The quantitative estimate of drug-likeness (QED) is 0.788. The van der Waals surface area contributed by atoms with Gasteiger partial charge in [0, 0.05) is 10.9 Å². The molecule has 21 heavy (non-hydrogen) atoms. The lowest BCUT2D eigenvalue weighted by Gasteiger charge is -2.09. The fraction of sp³-hybridized carbons (Fsp3) is 0.0833. The molecule has 112 valence electrons. The van der Waals surface area contributed by atoms with Crippen LogP contribution in [-0.2, 0) is 10.0 Å². The Kier molecular flexibility index (Phi) is 4.13. The van der Waals surface area contributed by atoms with Gasteiger partial charge in [-0.3, -0.25) is 4.72 Å². The fourth-order valence-electron chi connectivity index (χ4n) is 1.68. The molecule has 0 unspecified atom stereocenters. The third-order valence-corrected chi connectivity index (χ3v) is 5.43. The zero-order chi connectivity index (χ0) is 15.8. The van der Waals surface area contributed by atoms with E-state index in [1.807, 2.05) is 0 Å². The zero-order valence-electron chi connectivity index (χ0n) is 10.6. The van der Waals surface area contributed by atoms with E-state index in [4.69, 9.17) is 16.7 Å². The number of hydrogen-bond acceptors (Lipinski definition) is 5. The van der Waals surface area contributed by atoms with E-state index in [1.54, 1.807) is 6.92 Å². The van der Waals surface area contributed by atoms with Crippen LogP contribution in [0.4, 0.5) is 5.69 Å². The van der Waals surface area contributed by atoms with Gasteiger partial charge in [0.05, 0.1) is 10.0 Å². The molecule has 2 aromatic rings. The number of nitrogens with one attached hydrogen (secondary N) is 1. The molecular weight excluding hydrogens is 338 g/mol. The van der Waals surface area contributed by atoms with Crippen LogP contribution in [0.2, 0.25) is 4.34 Å². The molecule has 1 heterocycles. The predicted molar refractivity (Wildman–Crippen MR) is 79.9 cm³/mol. The molecule has 0 saturated heterocycles. The number of phenols is 1. The van der Waals surface area contributed by atoms with E-state index in [9.17, 15) is 18.3 Å². The number of aromatic carboxylic acids is 1. The van der Waals surface area contributed by atoms with Gasteiger partial charge < -0.3 is 10.2 Å². The lowest BCUT2D eigenvalue weighted by molar-refractivity contribution is 0.0694. The minimum absolute atomic E-state index is 0.0410. The first-order valence-corrected chi connectivity index (χ1v) is 8.23. The Bertz CT molecular complexity index is 813. The number of carboxylic acids is 1. The van der Waals surface area contributed by atoms with Crippen LogP contribution in [0.25, 0.3) is 0 Å². The summed E-state index contributed by atoms with van der Waals surface area (Å²) in [6.45, 7) is 1.62. The molecule has 0 saturated carbocycles. The Morgan fingerprint density at radius 3 is 2.48 bits per heavy atom. The zero-order valence-corrected chi connectivity index (χ0v) is 13.0. The summed E-state index contributed by atoms with van der Waals surface area (Å²) >= 11 is 6.91. The summed E-state index contributed by atoms with van der Waals surface area (Å²) in [7, 11) is -3.86. The molecule has 0 fully saturated rings. The van der Waals surface area contributed by atoms with Crippen LogP contribution in [0.3, 0.4) is 0 Å². The van der Waals surface area contributed by atoms with Crippen LogP contribution in [-0.4, -0.2) is 24.6 Å². The van der Waals surface area contributed by atoms with Gasteiger partial charge >= 0.3 is 5.97 Å². The fourth-order valence-corrected chi connectivity index (χ4v) is 4.56. The first-order chi connectivity index (χ1) is 9.70. The van der Waals surface area contributed by atoms with Gasteiger partial charge in [-0.15, -0.1) is 11.3 Å². The third-order valence-electron chi connectivity index (χ3n) is 2.61. The van der Waals surface area contributed by atoms with Gasteiger partial charge in [0.25, 0.3) is 10.0 Å².